The van der Waals surface area contributed by atoms with Crippen LogP contribution < -0.4 is 16.0 Å². The smallest absolute Gasteiger partial charge is 0.247 e. The van der Waals surface area contributed by atoms with Gasteiger partial charge in [-0.3, -0.25) is 4.79 Å². The molecular formula is C22H22ClFN6O. The third-order valence-electron chi connectivity index (χ3n) is 4.13. The number of nitrogens with one attached hydrogen (secondary N) is 3. The second-order valence-electron chi connectivity index (χ2n) is 6.96. The summed E-state index contributed by atoms with van der Waals surface area (Å²) in [6, 6.07) is 12.0. The van der Waals surface area contributed by atoms with Gasteiger partial charge in [-0.05, 0) is 56.1 Å². The Morgan fingerprint density at radius 1 is 1.16 bits per heavy atom. The fourth-order valence-electron chi connectivity index (χ4n) is 2.72. The van der Waals surface area contributed by atoms with Crippen LogP contribution in [0.2, 0.25) is 5.02 Å². The van der Waals surface area contributed by atoms with Crippen LogP contribution in [0.4, 0.5) is 33.2 Å². The predicted octanol–water partition coefficient (Wildman–Crippen LogP) is 4.94. The number of halogens is 2. The van der Waals surface area contributed by atoms with E-state index in [1.807, 2.05) is 38.4 Å². The first-order valence-corrected chi connectivity index (χ1v) is 9.75. The third kappa shape index (κ3) is 6.24. The first-order chi connectivity index (χ1) is 14.8. The Kier molecular flexibility index (Phi) is 7.17. The molecule has 160 valence electrons. The molecule has 0 unspecified atom stereocenters. The lowest BCUT2D eigenvalue weighted by Gasteiger charge is -2.13. The van der Waals surface area contributed by atoms with Crippen LogP contribution in [0.5, 0.6) is 0 Å². The molecule has 0 saturated heterocycles. The number of hydrogen-bond acceptors (Lipinski definition) is 6. The molecule has 0 spiro atoms. The molecular weight excluding hydrogens is 419 g/mol. The van der Waals surface area contributed by atoms with Crippen molar-refractivity contribution in [3.05, 3.63) is 77.7 Å². The molecule has 2 aromatic carbocycles. The van der Waals surface area contributed by atoms with E-state index in [0.29, 0.717) is 11.6 Å². The van der Waals surface area contributed by atoms with Gasteiger partial charge in [0.1, 0.15) is 10.8 Å². The van der Waals surface area contributed by atoms with E-state index in [1.165, 1.54) is 30.0 Å². The van der Waals surface area contributed by atoms with Gasteiger partial charge in [-0.15, -0.1) is 0 Å². The molecule has 0 aliphatic heterocycles. The molecule has 0 bridgehead atoms. The molecule has 3 rings (SSSR count). The molecule has 0 atom stereocenters. The van der Waals surface area contributed by atoms with Crippen LogP contribution in [-0.2, 0) is 11.3 Å². The fraction of sp³-hybridized carbons (Fsp3) is 0.136. The van der Waals surface area contributed by atoms with Gasteiger partial charge in [0.05, 0.1) is 11.9 Å². The molecule has 31 heavy (non-hydrogen) atoms. The number of rotatable bonds is 8. The molecule has 1 heterocycles. The number of carbonyl (C=O) groups excluding carboxylic acids is 1. The number of benzene rings is 2. The highest BCUT2D eigenvalue weighted by atomic mass is 35.5. The summed E-state index contributed by atoms with van der Waals surface area (Å²) in [5, 5.41) is 8.74. The van der Waals surface area contributed by atoms with Crippen molar-refractivity contribution in [3.63, 3.8) is 0 Å². The number of hydrogen-bond donors (Lipinski definition) is 3. The molecule has 0 aliphatic rings. The lowest BCUT2D eigenvalue weighted by molar-refractivity contribution is -0.111. The maximum absolute atomic E-state index is 14.3. The maximum atomic E-state index is 14.3. The zero-order valence-corrected chi connectivity index (χ0v) is 17.9. The summed E-state index contributed by atoms with van der Waals surface area (Å²) in [5.74, 6) is -0.420. The number of aromatic nitrogens is 2. The van der Waals surface area contributed by atoms with E-state index in [-0.39, 0.29) is 16.5 Å². The summed E-state index contributed by atoms with van der Waals surface area (Å²) in [5.41, 5.74) is 2.47. The summed E-state index contributed by atoms with van der Waals surface area (Å²) in [4.78, 5) is 22.1. The molecule has 9 heteroatoms. The lowest BCUT2D eigenvalue weighted by atomic mass is 10.2. The van der Waals surface area contributed by atoms with Crippen LogP contribution in [0.15, 0.2) is 61.3 Å². The van der Waals surface area contributed by atoms with Crippen LogP contribution >= 0.6 is 11.6 Å². The van der Waals surface area contributed by atoms with Gasteiger partial charge in [-0.1, -0.05) is 30.3 Å². The zero-order chi connectivity index (χ0) is 22.4. The molecule has 0 fully saturated rings. The summed E-state index contributed by atoms with van der Waals surface area (Å²) >= 11 is 6.19. The van der Waals surface area contributed by atoms with Crippen molar-refractivity contribution in [3.8, 4) is 0 Å². The summed E-state index contributed by atoms with van der Waals surface area (Å²) in [6.07, 6.45) is 2.55. The highest BCUT2D eigenvalue weighted by molar-refractivity contribution is 6.32. The van der Waals surface area contributed by atoms with Crippen molar-refractivity contribution >= 4 is 46.3 Å². The first-order valence-electron chi connectivity index (χ1n) is 9.37. The minimum Gasteiger partial charge on any atom is -0.336 e. The predicted molar refractivity (Wildman–Crippen MR) is 123 cm³/mol. The molecule has 0 aliphatic carbocycles. The van der Waals surface area contributed by atoms with Gasteiger partial charge < -0.3 is 20.9 Å². The van der Waals surface area contributed by atoms with Gasteiger partial charge >= 0.3 is 0 Å². The standard InChI is InChI=1S/C22H22ClFN6O/c1-4-20(31)26-16-9-10-18(24)19(11-16)28-21-17(23)12-25-22(29-21)27-15-7-5-14(6-8-15)13-30(2)3/h4-12H,1,13H2,2-3H3,(H,26,31)(H2,25,27,28,29). The van der Waals surface area contributed by atoms with Gasteiger partial charge in [0.25, 0.3) is 0 Å². The van der Waals surface area contributed by atoms with Crippen LogP contribution in [-0.4, -0.2) is 34.9 Å². The van der Waals surface area contributed by atoms with Crippen LogP contribution in [0.1, 0.15) is 5.56 Å². The number of nitrogens with zero attached hydrogens (tertiary/aromatic N) is 3. The van der Waals surface area contributed by atoms with Gasteiger partial charge in [-0.25, -0.2) is 9.37 Å². The van der Waals surface area contributed by atoms with Crippen LogP contribution in [0.3, 0.4) is 0 Å². The highest BCUT2D eigenvalue weighted by Crippen LogP contribution is 2.28. The van der Waals surface area contributed by atoms with Crippen molar-refractivity contribution in [2.24, 2.45) is 0 Å². The van der Waals surface area contributed by atoms with Gasteiger partial charge in [0.15, 0.2) is 5.82 Å². The van der Waals surface area contributed by atoms with Crippen molar-refractivity contribution in [2.75, 3.05) is 30.0 Å². The summed E-state index contributed by atoms with van der Waals surface area (Å²) < 4.78 is 14.3. The minimum atomic E-state index is -0.530. The minimum absolute atomic E-state index is 0.0986. The molecule has 3 aromatic rings. The molecule has 7 nitrogen and oxygen atoms in total. The Morgan fingerprint density at radius 3 is 2.55 bits per heavy atom. The fourth-order valence-corrected chi connectivity index (χ4v) is 2.86. The topological polar surface area (TPSA) is 82.2 Å². The van der Waals surface area contributed by atoms with Crippen molar-refractivity contribution in [2.45, 2.75) is 6.54 Å². The van der Waals surface area contributed by atoms with E-state index in [0.717, 1.165) is 18.3 Å². The number of amides is 1. The van der Waals surface area contributed by atoms with Crippen LogP contribution in [0.25, 0.3) is 0 Å². The van der Waals surface area contributed by atoms with Crippen molar-refractivity contribution in [1.29, 1.82) is 0 Å². The Bertz CT molecular complexity index is 1090. The maximum Gasteiger partial charge on any atom is 0.247 e. The average Bonchev–Trinajstić information content (AvgIpc) is 2.73. The zero-order valence-electron chi connectivity index (χ0n) is 17.1. The molecule has 1 amide bonds. The monoisotopic (exact) mass is 440 g/mol. The summed E-state index contributed by atoms with van der Waals surface area (Å²) in [7, 11) is 4.02. The molecule has 0 saturated carbocycles. The second-order valence-corrected chi connectivity index (χ2v) is 7.37. The molecule has 0 radical (unpaired) electrons. The second kappa shape index (κ2) is 10.0. The van der Waals surface area contributed by atoms with Gasteiger partial charge in [0.2, 0.25) is 11.9 Å². The van der Waals surface area contributed by atoms with Gasteiger partial charge in [0, 0.05) is 17.9 Å². The molecule has 3 N–H and O–H groups in total. The number of anilines is 5. The molecule has 1 aromatic heterocycles. The quantitative estimate of drug-likeness (QED) is 0.430. The first kappa shape index (κ1) is 22.2. The van der Waals surface area contributed by atoms with E-state index in [1.54, 1.807) is 0 Å². The Morgan fingerprint density at radius 2 is 1.87 bits per heavy atom. The Labute approximate surface area is 185 Å². The van der Waals surface area contributed by atoms with E-state index < -0.39 is 11.7 Å². The van der Waals surface area contributed by atoms with E-state index in [4.69, 9.17) is 11.6 Å². The average molecular weight is 441 g/mol. The Hall–Kier alpha value is -3.49. The highest BCUT2D eigenvalue weighted by Gasteiger charge is 2.11. The van der Waals surface area contributed by atoms with E-state index in [2.05, 4.69) is 37.4 Å². The van der Waals surface area contributed by atoms with Crippen molar-refractivity contribution < 1.29 is 9.18 Å². The largest absolute Gasteiger partial charge is 0.336 e. The van der Waals surface area contributed by atoms with Crippen LogP contribution in [0, 0.1) is 5.82 Å². The Balaban J connectivity index is 1.78. The third-order valence-corrected chi connectivity index (χ3v) is 4.40. The lowest BCUT2D eigenvalue weighted by Crippen LogP contribution is -2.10. The van der Waals surface area contributed by atoms with E-state index >= 15 is 0 Å². The summed E-state index contributed by atoms with van der Waals surface area (Å²) in [6.45, 7) is 4.23. The van der Waals surface area contributed by atoms with E-state index in [9.17, 15) is 9.18 Å². The number of carbonyl (C=O) groups is 1. The SMILES string of the molecule is C=CC(=O)Nc1ccc(F)c(Nc2nc(Nc3ccc(CN(C)C)cc3)ncc2Cl)c1. The van der Waals surface area contributed by atoms with Gasteiger partial charge in [-0.2, -0.15) is 4.98 Å². The van der Waals surface area contributed by atoms with Crippen molar-refractivity contribution in [1.82, 2.24) is 14.9 Å². The normalized spacial score (nSPS) is 10.6.